The van der Waals surface area contributed by atoms with Gasteiger partial charge in [-0.15, -0.1) is 11.3 Å². The van der Waals surface area contributed by atoms with Crippen molar-refractivity contribution < 1.29 is 4.74 Å². The average molecular weight is 366 g/mol. The molecule has 0 atom stereocenters. The third-order valence-corrected chi connectivity index (χ3v) is 6.60. The first kappa shape index (κ1) is 16.1. The summed E-state index contributed by atoms with van der Waals surface area (Å²) < 4.78 is 5.44. The fourth-order valence-corrected chi connectivity index (χ4v) is 4.88. The summed E-state index contributed by atoms with van der Waals surface area (Å²) in [4.78, 5) is 11.3. The van der Waals surface area contributed by atoms with Crippen LogP contribution in [0.25, 0.3) is 10.6 Å². The molecule has 26 heavy (non-hydrogen) atoms. The number of allylic oxidation sites excluding steroid dienone is 3. The lowest BCUT2D eigenvalue weighted by Gasteiger charge is -2.28. The molecule has 134 valence electrons. The van der Waals surface area contributed by atoms with E-state index in [0.717, 1.165) is 52.2 Å². The number of nitrogens with zero attached hydrogens (tertiary/aromatic N) is 3. The highest BCUT2D eigenvalue weighted by Crippen LogP contribution is 2.32. The molecule has 2 aliphatic heterocycles. The van der Waals surface area contributed by atoms with Crippen molar-refractivity contribution >= 4 is 17.0 Å². The molecular weight excluding hydrogens is 342 g/mol. The van der Waals surface area contributed by atoms with E-state index < -0.39 is 0 Å². The van der Waals surface area contributed by atoms with Crippen LogP contribution in [-0.4, -0.2) is 49.3 Å². The largest absolute Gasteiger partial charge is 0.378 e. The first-order chi connectivity index (χ1) is 12.9. The average Bonchev–Trinajstić information content (AvgIpc) is 2.97. The van der Waals surface area contributed by atoms with Crippen molar-refractivity contribution in [2.24, 2.45) is 0 Å². The lowest BCUT2D eigenvalue weighted by atomic mass is 10.2. The second-order valence-electron chi connectivity index (χ2n) is 6.97. The van der Waals surface area contributed by atoms with Crippen LogP contribution in [0.1, 0.15) is 10.6 Å². The van der Waals surface area contributed by atoms with E-state index in [1.54, 1.807) is 0 Å². The zero-order valence-electron chi connectivity index (χ0n) is 14.9. The lowest BCUT2D eigenvalue weighted by molar-refractivity contribution is 0.122. The lowest BCUT2D eigenvalue weighted by Crippen LogP contribution is -2.36. The number of fused-ring (bicyclic) bond motifs is 1. The van der Waals surface area contributed by atoms with Crippen molar-refractivity contribution in [3.63, 3.8) is 0 Å². The second kappa shape index (κ2) is 6.89. The topological polar surface area (TPSA) is 28.6 Å². The van der Waals surface area contributed by atoms with Gasteiger partial charge in [0.05, 0.1) is 18.9 Å². The minimum absolute atomic E-state index is 0.824. The highest BCUT2D eigenvalue weighted by Gasteiger charge is 2.20. The third kappa shape index (κ3) is 3.06. The number of aromatic nitrogens is 1. The summed E-state index contributed by atoms with van der Waals surface area (Å²) in [6.07, 6.45) is 8.67. The Morgan fingerprint density at radius 1 is 0.923 bits per heavy atom. The monoisotopic (exact) mass is 365 g/mol. The molecule has 1 aromatic carbocycles. The molecule has 0 saturated carbocycles. The predicted molar refractivity (Wildman–Crippen MR) is 107 cm³/mol. The van der Waals surface area contributed by atoms with E-state index in [0.29, 0.717) is 0 Å². The molecule has 1 saturated heterocycles. The van der Waals surface area contributed by atoms with Gasteiger partial charge in [-0.2, -0.15) is 0 Å². The van der Waals surface area contributed by atoms with Crippen LogP contribution in [0.15, 0.2) is 48.2 Å². The number of rotatable bonds is 3. The Bertz CT molecular complexity index is 821. The van der Waals surface area contributed by atoms with E-state index in [-0.39, 0.29) is 0 Å². The first-order valence-corrected chi connectivity index (χ1v) is 10.2. The molecule has 0 bridgehead atoms. The smallest absolute Gasteiger partial charge is 0.123 e. The minimum Gasteiger partial charge on any atom is -0.378 e. The van der Waals surface area contributed by atoms with E-state index in [1.807, 2.05) is 11.3 Å². The minimum atomic E-state index is 0.824. The Morgan fingerprint density at radius 3 is 2.42 bits per heavy atom. The zero-order valence-corrected chi connectivity index (χ0v) is 15.7. The van der Waals surface area contributed by atoms with Crippen LogP contribution >= 0.6 is 11.3 Å². The molecule has 1 fully saturated rings. The normalized spacial score (nSPS) is 19.6. The Balaban J connectivity index is 1.31. The maximum atomic E-state index is 5.44. The van der Waals surface area contributed by atoms with Gasteiger partial charge in [0, 0.05) is 60.8 Å². The summed E-state index contributed by atoms with van der Waals surface area (Å²) >= 11 is 1.87. The first-order valence-electron chi connectivity index (χ1n) is 9.42. The zero-order chi connectivity index (χ0) is 17.3. The molecule has 2 aromatic rings. The predicted octanol–water partition coefficient (Wildman–Crippen LogP) is 3.50. The van der Waals surface area contributed by atoms with Gasteiger partial charge >= 0.3 is 0 Å². The Hall–Kier alpha value is -2.11. The van der Waals surface area contributed by atoms with Gasteiger partial charge in [-0.1, -0.05) is 6.08 Å². The molecule has 4 nitrogen and oxygen atoms in total. The summed E-state index contributed by atoms with van der Waals surface area (Å²) in [6.45, 7) is 5.78. The van der Waals surface area contributed by atoms with Crippen LogP contribution in [0.3, 0.4) is 0 Å². The van der Waals surface area contributed by atoms with E-state index >= 15 is 0 Å². The van der Waals surface area contributed by atoms with Crippen LogP contribution in [0, 0.1) is 0 Å². The standard InChI is InChI=1S/C21H23N3OS/c1-2-17(3-1)23-10-8-19-20(9-11-23)26-21(22-19)16-4-6-18(7-5-16)24-12-14-25-15-13-24/h1-7H,8-15H2. The molecule has 0 amide bonds. The molecular formula is C21H23N3OS. The van der Waals surface area contributed by atoms with Crippen LogP contribution in [0.5, 0.6) is 0 Å². The van der Waals surface area contributed by atoms with E-state index in [4.69, 9.17) is 9.72 Å². The van der Waals surface area contributed by atoms with Gasteiger partial charge in [0.2, 0.25) is 0 Å². The molecule has 3 aliphatic rings. The van der Waals surface area contributed by atoms with Crippen molar-refractivity contribution in [2.75, 3.05) is 44.3 Å². The number of thiazole rings is 1. The number of ether oxygens (including phenoxy) is 1. The van der Waals surface area contributed by atoms with Crippen LogP contribution in [0.2, 0.25) is 0 Å². The highest BCUT2D eigenvalue weighted by molar-refractivity contribution is 7.15. The molecule has 3 heterocycles. The van der Waals surface area contributed by atoms with Gasteiger partial charge in [0.1, 0.15) is 5.01 Å². The van der Waals surface area contributed by atoms with Crippen molar-refractivity contribution in [1.82, 2.24) is 9.88 Å². The summed E-state index contributed by atoms with van der Waals surface area (Å²) in [5, 5.41) is 1.17. The summed E-state index contributed by atoms with van der Waals surface area (Å²) in [6, 6.07) is 8.90. The number of hydrogen-bond donors (Lipinski definition) is 0. The maximum Gasteiger partial charge on any atom is 0.123 e. The highest BCUT2D eigenvalue weighted by atomic mass is 32.1. The van der Waals surface area contributed by atoms with Crippen LogP contribution < -0.4 is 4.90 Å². The Morgan fingerprint density at radius 2 is 1.69 bits per heavy atom. The van der Waals surface area contributed by atoms with Gasteiger partial charge in [-0.05, 0) is 36.4 Å². The van der Waals surface area contributed by atoms with Gasteiger partial charge in [0.15, 0.2) is 0 Å². The molecule has 0 radical (unpaired) electrons. The van der Waals surface area contributed by atoms with Gasteiger partial charge in [-0.25, -0.2) is 4.98 Å². The van der Waals surface area contributed by atoms with Crippen molar-refractivity contribution in [1.29, 1.82) is 0 Å². The molecule has 0 unspecified atom stereocenters. The van der Waals surface area contributed by atoms with Gasteiger partial charge in [0.25, 0.3) is 0 Å². The fraction of sp³-hybridized carbons (Fsp3) is 0.381. The van der Waals surface area contributed by atoms with E-state index in [2.05, 4.69) is 52.3 Å². The summed E-state index contributed by atoms with van der Waals surface area (Å²) in [5.41, 5.74) is 5.20. The number of morpholine rings is 1. The summed E-state index contributed by atoms with van der Waals surface area (Å²) in [7, 11) is 0. The molecule has 0 spiro atoms. The Labute approximate surface area is 158 Å². The van der Waals surface area contributed by atoms with Crippen molar-refractivity contribution in [3.8, 4) is 10.6 Å². The van der Waals surface area contributed by atoms with E-state index in [9.17, 15) is 0 Å². The Kier molecular flexibility index (Phi) is 4.27. The molecule has 1 aromatic heterocycles. The van der Waals surface area contributed by atoms with Gasteiger partial charge in [-0.3, -0.25) is 0 Å². The molecule has 0 N–H and O–H groups in total. The third-order valence-electron chi connectivity index (χ3n) is 5.40. The number of anilines is 1. The van der Waals surface area contributed by atoms with E-state index in [1.165, 1.54) is 32.5 Å². The fourth-order valence-electron chi connectivity index (χ4n) is 3.77. The second-order valence-corrected chi connectivity index (χ2v) is 8.06. The number of hydrogen-bond acceptors (Lipinski definition) is 5. The van der Waals surface area contributed by atoms with Crippen molar-refractivity contribution in [2.45, 2.75) is 12.8 Å². The molecule has 5 heteroatoms. The van der Waals surface area contributed by atoms with Crippen molar-refractivity contribution in [3.05, 3.63) is 58.8 Å². The van der Waals surface area contributed by atoms with Gasteiger partial charge < -0.3 is 14.5 Å². The van der Waals surface area contributed by atoms with Crippen LogP contribution in [0.4, 0.5) is 5.69 Å². The van der Waals surface area contributed by atoms with Crippen LogP contribution in [-0.2, 0) is 17.6 Å². The maximum absolute atomic E-state index is 5.44. The SMILES string of the molecule is C1=CC(N2CCc3nc(-c4ccc(N5CCOCC5)cc4)sc3CC2)=C1. The molecule has 1 aliphatic carbocycles. The number of benzene rings is 1. The summed E-state index contributed by atoms with van der Waals surface area (Å²) in [5.74, 6) is 0. The quantitative estimate of drug-likeness (QED) is 0.832. The molecule has 5 rings (SSSR count).